The van der Waals surface area contributed by atoms with Crippen molar-refractivity contribution in [3.8, 4) is 0 Å². The smallest absolute Gasteiger partial charge is 0.224 e. The third-order valence-corrected chi connectivity index (χ3v) is 3.69. The highest BCUT2D eigenvalue weighted by atomic mass is 35.5. The number of ether oxygens (including phenoxy) is 1. The van der Waals surface area contributed by atoms with E-state index in [2.05, 4.69) is 15.3 Å². The van der Waals surface area contributed by atoms with E-state index in [1.807, 2.05) is 0 Å². The molecule has 2 rings (SSSR count). The van der Waals surface area contributed by atoms with Crippen molar-refractivity contribution in [1.82, 2.24) is 9.97 Å². The molecular weight excluding hydrogens is 361 g/mol. The Kier molecular flexibility index (Phi) is 6.99. The molecule has 0 aliphatic heterocycles. The number of hydrogen-bond acceptors (Lipinski definition) is 6. The summed E-state index contributed by atoms with van der Waals surface area (Å²) in [4.78, 5) is 20.7. The first-order valence-corrected chi connectivity index (χ1v) is 8.21. The first kappa shape index (κ1) is 19.7. The summed E-state index contributed by atoms with van der Waals surface area (Å²) < 4.78 is 19.4. The number of hydrogen-bond donors (Lipinski definition) is 2. The zero-order valence-electron chi connectivity index (χ0n) is 14.4. The van der Waals surface area contributed by atoms with Crippen LogP contribution in [0.3, 0.4) is 0 Å². The second-order valence-electron chi connectivity index (χ2n) is 5.37. The van der Waals surface area contributed by atoms with Crippen LogP contribution in [-0.2, 0) is 9.53 Å². The average molecular weight is 380 g/mol. The zero-order valence-corrected chi connectivity index (χ0v) is 15.2. The topological polar surface area (TPSA) is 91.2 Å². The highest BCUT2D eigenvalue weighted by Gasteiger charge is 2.20. The maximum atomic E-state index is 14.4. The normalized spacial score (nSPS) is 10.5. The number of carbonyl (C=O) groups excluding carboxylic acids is 1. The van der Waals surface area contributed by atoms with Gasteiger partial charge in [0.1, 0.15) is 0 Å². The van der Waals surface area contributed by atoms with Gasteiger partial charge in [-0.2, -0.15) is 4.98 Å². The van der Waals surface area contributed by atoms with E-state index in [4.69, 9.17) is 21.7 Å². The molecule has 1 amide bonds. The molecule has 7 nitrogen and oxygen atoms in total. The molecule has 1 aromatic heterocycles. The molecule has 0 bridgehead atoms. The van der Waals surface area contributed by atoms with Crippen molar-refractivity contribution >= 4 is 40.9 Å². The van der Waals surface area contributed by atoms with Crippen LogP contribution in [-0.4, -0.2) is 42.4 Å². The number of amides is 1. The third kappa shape index (κ3) is 4.74. The number of halogens is 2. The van der Waals surface area contributed by atoms with Gasteiger partial charge in [-0.3, -0.25) is 4.79 Å². The van der Waals surface area contributed by atoms with Gasteiger partial charge in [0.15, 0.2) is 11.6 Å². The summed E-state index contributed by atoms with van der Waals surface area (Å²) in [6.45, 7) is 2.20. The van der Waals surface area contributed by atoms with Gasteiger partial charge < -0.3 is 20.4 Å². The lowest BCUT2D eigenvalue weighted by atomic mass is 10.1. The third-order valence-electron chi connectivity index (χ3n) is 3.51. The number of methoxy groups -OCH3 is 1. The summed E-state index contributed by atoms with van der Waals surface area (Å²) in [6.07, 6.45) is 2.68. The molecule has 0 unspecified atom stereocenters. The molecule has 1 aromatic carbocycles. The Morgan fingerprint density at radius 2 is 2.27 bits per heavy atom. The minimum Gasteiger partial charge on any atom is -0.385 e. The standard InChI is InChI=1S/C17H19ClFN5O2/c1-11(25)22-14-5-3-6-15(12(14)9-20)24(7-4-8-26-2)16-13(19)10-21-17(18)23-16/h3,5-6,9-10,20H,4,7-8H2,1-2H3,(H,22,25). The van der Waals surface area contributed by atoms with Crippen molar-refractivity contribution in [3.63, 3.8) is 0 Å². The molecule has 0 radical (unpaired) electrons. The molecule has 0 saturated carbocycles. The summed E-state index contributed by atoms with van der Waals surface area (Å²) in [5, 5.41) is 10.3. The van der Waals surface area contributed by atoms with Crippen LogP contribution >= 0.6 is 11.6 Å². The second kappa shape index (κ2) is 9.21. The molecule has 0 fully saturated rings. The number of rotatable bonds is 8. The molecule has 0 saturated heterocycles. The summed E-state index contributed by atoms with van der Waals surface area (Å²) in [5.74, 6) is -0.927. The van der Waals surface area contributed by atoms with Crippen LogP contribution in [0.1, 0.15) is 18.9 Å². The van der Waals surface area contributed by atoms with E-state index < -0.39 is 5.82 Å². The van der Waals surface area contributed by atoms with Crippen molar-refractivity contribution in [2.75, 3.05) is 30.5 Å². The van der Waals surface area contributed by atoms with Gasteiger partial charge >= 0.3 is 0 Å². The number of nitrogens with zero attached hydrogens (tertiary/aromatic N) is 3. The summed E-state index contributed by atoms with van der Waals surface area (Å²) in [7, 11) is 1.58. The fourth-order valence-electron chi connectivity index (χ4n) is 2.47. The van der Waals surface area contributed by atoms with E-state index in [-0.39, 0.29) is 17.0 Å². The van der Waals surface area contributed by atoms with E-state index in [1.165, 1.54) is 6.92 Å². The summed E-state index contributed by atoms with van der Waals surface area (Å²) in [6, 6.07) is 5.09. The van der Waals surface area contributed by atoms with E-state index in [1.54, 1.807) is 30.2 Å². The van der Waals surface area contributed by atoms with Gasteiger partial charge in [-0.25, -0.2) is 9.37 Å². The van der Waals surface area contributed by atoms with Crippen molar-refractivity contribution in [2.45, 2.75) is 13.3 Å². The van der Waals surface area contributed by atoms with Crippen LogP contribution in [0.4, 0.5) is 21.6 Å². The van der Waals surface area contributed by atoms with E-state index >= 15 is 0 Å². The zero-order chi connectivity index (χ0) is 19.1. The Hall–Kier alpha value is -2.58. The Bertz CT molecular complexity index is 803. The molecule has 0 aliphatic carbocycles. The van der Waals surface area contributed by atoms with E-state index in [9.17, 15) is 9.18 Å². The predicted octanol–water partition coefficient (Wildman–Crippen LogP) is 3.40. The molecule has 2 N–H and O–H groups in total. The summed E-state index contributed by atoms with van der Waals surface area (Å²) in [5.41, 5.74) is 1.38. The monoisotopic (exact) mass is 379 g/mol. The van der Waals surface area contributed by atoms with Gasteiger partial charge in [0.2, 0.25) is 11.2 Å². The maximum Gasteiger partial charge on any atom is 0.224 e. The molecule has 1 heterocycles. The molecular formula is C17H19ClFN5O2. The number of anilines is 3. The average Bonchev–Trinajstić information content (AvgIpc) is 2.60. The molecule has 138 valence electrons. The lowest BCUT2D eigenvalue weighted by Gasteiger charge is -2.26. The Morgan fingerprint density at radius 1 is 1.50 bits per heavy atom. The van der Waals surface area contributed by atoms with Crippen molar-refractivity contribution in [3.05, 3.63) is 41.1 Å². The van der Waals surface area contributed by atoms with Crippen molar-refractivity contribution < 1.29 is 13.9 Å². The van der Waals surface area contributed by atoms with Gasteiger partial charge in [0.25, 0.3) is 0 Å². The Morgan fingerprint density at radius 3 is 2.92 bits per heavy atom. The first-order chi connectivity index (χ1) is 12.5. The molecule has 0 aliphatic rings. The number of carbonyl (C=O) groups is 1. The van der Waals surface area contributed by atoms with Gasteiger partial charge in [0.05, 0.1) is 17.6 Å². The number of benzene rings is 1. The van der Waals surface area contributed by atoms with Crippen LogP contribution in [0, 0.1) is 11.2 Å². The van der Waals surface area contributed by atoms with E-state index in [0.29, 0.717) is 36.5 Å². The molecule has 26 heavy (non-hydrogen) atoms. The van der Waals surface area contributed by atoms with Crippen molar-refractivity contribution in [1.29, 1.82) is 5.41 Å². The van der Waals surface area contributed by atoms with Gasteiger partial charge in [-0.05, 0) is 30.2 Å². The molecule has 2 aromatic rings. The van der Waals surface area contributed by atoms with Crippen LogP contribution in [0.15, 0.2) is 24.4 Å². The second-order valence-corrected chi connectivity index (χ2v) is 5.71. The summed E-state index contributed by atoms with van der Waals surface area (Å²) >= 11 is 5.84. The quantitative estimate of drug-likeness (QED) is 0.416. The lowest BCUT2D eigenvalue weighted by Crippen LogP contribution is -2.24. The van der Waals surface area contributed by atoms with Gasteiger partial charge in [-0.15, -0.1) is 0 Å². The minimum atomic E-state index is -0.646. The predicted molar refractivity (Wildman–Crippen MR) is 99.1 cm³/mol. The molecule has 0 spiro atoms. The lowest BCUT2D eigenvalue weighted by molar-refractivity contribution is -0.114. The fraction of sp³-hybridized carbons (Fsp3) is 0.294. The van der Waals surface area contributed by atoms with Crippen LogP contribution in [0.5, 0.6) is 0 Å². The SMILES string of the molecule is COCCCN(c1cccc(NC(C)=O)c1C=N)c1nc(Cl)ncc1F. The maximum absolute atomic E-state index is 14.4. The Labute approximate surface area is 155 Å². The largest absolute Gasteiger partial charge is 0.385 e. The fourth-order valence-corrected chi connectivity index (χ4v) is 2.60. The van der Waals surface area contributed by atoms with Crippen LogP contribution in [0.2, 0.25) is 5.28 Å². The minimum absolute atomic E-state index is 0.0100. The first-order valence-electron chi connectivity index (χ1n) is 7.83. The van der Waals surface area contributed by atoms with Crippen LogP contribution < -0.4 is 10.2 Å². The highest BCUT2D eigenvalue weighted by Crippen LogP contribution is 2.32. The van der Waals surface area contributed by atoms with Gasteiger partial charge in [-0.1, -0.05) is 6.07 Å². The highest BCUT2D eigenvalue weighted by molar-refractivity contribution is 6.28. The Balaban J connectivity index is 2.56. The number of aromatic nitrogens is 2. The molecule has 9 heteroatoms. The number of nitrogens with one attached hydrogen (secondary N) is 2. The van der Waals surface area contributed by atoms with Crippen LogP contribution in [0.25, 0.3) is 0 Å². The van der Waals surface area contributed by atoms with E-state index in [0.717, 1.165) is 12.4 Å². The van der Waals surface area contributed by atoms with Crippen molar-refractivity contribution in [2.24, 2.45) is 0 Å². The van der Waals surface area contributed by atoms with Gasteiger partial charge in [0, 0.05) is 39.0 Å². The molecule has 0 atom stereocenters.